The van der Waals surface area contributed by atoms with E-state index in [1.54, 1.807) is 19.2 Å². The highest BCUT2D eigenvalue weighted by molar-refractivity contribution is 6.10. The Balaban J connectivity index is 5.60. The first-order chi connectivity index (χ1) is 22.2. The molecule has 0 heterocycles. The second-order valence-corrected chi connectivity index (χ2v) is 11.4. The summed E-state index contributed by atoms with van der Waals surface area (Å²) in [5.74, 6) is -14.7. The van der Waals surface area contributed by atoms with Gasteiger partial charge < -0.3 is 47.8 Å². The molecule has 0 saturated carbocycles. The normalized spacial score (nSPS) is 15.6. The fraction of sp³-hybridized carbons (Fsp3) is 0.724. The fourth-order valence-electron chi connectivity index (χ4n) is 4.16. The van der Waals surface area contributed by atoms with Crippen LogP contribution in [0.4, 0.5) is 8.78 Å². The van der Waals surface area contributed by atoms with Gasteiger partial charge in [0.25, 0.3) is 5.91 Å². The van der Waals surface area contributed by atoms with Crippen LogP contribution >= 0.6 is 0 Å². The van der Waals surface area contributed by atoms with Gasteiger partial charge in [0.1, 0.15) is 24.2 Å². The quantitative estimate of drug-likeness (QED) is 0.0434. The molecule has 0 aromatic rings. The van der Waals surface area contributed by atoms with Crippen LogP contribution in [0.3, 0.4) is 0 Å². The molecule has 0 aromatic carbocycles. The van der Waals surface area contributed by atoms with Crippen molar-refractivity contribution in [2.45, 2.75) is 116 Å². The Hall–Kier alpha value is -4.26. The number of halogens is 2. The minimum atomic E-state index is -4.62. The number of Topliss-reactive ketones (excluding diaryl/α,β-unsaturated/α-hetero) is 1. The number of rotatable bonds is 22. The molecule has 0 rings (SSSR count). The summed E-state index contributed by atoms with van der Waals surface area (Å²) < 4.78 is 28.6. The van der Waals surface area contributed by atoms with Crippen molar-refractivity contribution >= 4 is 47.2 Å². The highest BCUT2D eigenvalue weighted by atomic mass is 19.3. The molecule has 0 unspecified atom stereocenters. The molecule has 0 radical (unpaired) electrons. The maximum absolute atomic E-state index is 14.3. The largest absolute Gasteiger partial charge is 0.481 e. The Kier molecular flexibility index (Phi) is 19.0. The molecule has 0 bridgehead atoms. The maximum atomic E-state index is 14.3. The van der Waals surface area contributed by atoms with E-state index in [0.717, 1.165) is 13.8 Å². The molecule has 6 amide bonds. The Morgan fingerprint density at radius 3 is 1.81 bits per heavy atom. The lowest BCUT2D eigenvalue weighted by Crippen LogP contribution is -2.62. The van der Waals surface area contributed by atoms with E-state index in [4.69, 9.17) is 10.8 Å². The summed E-state index contributed by atoms with van der Waals surface area (Å²) >= 11 is 0. The minimum Gasteiger partial charge on any atom is -0.481 e. The third-order valence-corrected chi connectivity index (χ3v) is 7.22. The highest BCUT2D eigenvalue weighted by Crippen LogP contribution is 2.17. The first-order valence-electron chi connectivity index (χ1n) is 15.5. The number of hydrogen-bond donors (Lipinski definition) is 9. The van der Waals surface area contributed by atoms with Crippen molar-refractivity contribution in [3.8, 4) is 0 Å². The number of nitrogens with one attached hydrogen (secondary N) is 6. The van der Waals surface area contributed by atoms with Crippen molar-refractivity contribution in [1.82, 2.24) is 31.9 Å². The Labute approximate surface area is 277 Å². The number of alkyl halides is 2. The van der Waals surface area contributed by atoms with Crippen LogP contribution in [-0.2, 0) is 38.4 Å². The van der Waals surface area contributed by atoms with Crippen LogP contribution in [0.5, 0.6) is 0 Å². The minimum absolute atomic E-state index is 0.248. The molecular formula is C29H49F2N7O10. The summed E-state index contributed by atoms with van der Waals surface area (Å²) in [4.78, 5) is 98.2. The van der Waals surface area contributed by atoms with E-state index in [1.165, 1.54) is 13.8 Å². The average molecular weight is 694 g/mol. The van der Waals surface area contributed by atoms with E-state index in [2.05, 4.69) is 21.3 Å². The Morgan fingerprint density at radius 1 is 0.771 bits per heavy atom. The molecule has 0 aromatic heterocycles. The molecule has 0 spiro atoms. The van der Waals surface area contributed by atoms with Gasteiger partial charge in [-0.05, 0) is 52.5 Å². The second kappa shape index (κ2) is 20.9. The van der Waals surface area contributed by atoms with E-state index in [0.29, 0.717) is 25.8 Å². The molecule has 48 heavy (non-hydrogen) atoms. The monoisotopic (exact) mass is 693 g/mol. The number of aliphatic hydroxyl groups excluding tert-OH is 1. The first-order valence-corrected chi connectivity index (χ1v) is 15.5. The fourth-order valence-corrected chi connectivity index (χ4v) is 4.16. The number of carboxylic acids is 1. The van der Waals surface area contributed by atoms with Gasteiger partial charge in [-0.25, -0.2) is 0 Å². The van der Waals surface area contributed by atoms with Crippen molar-refractivity contribution in [2.24, 2.45) is 11.7 Å². The molecule has 274 valence electrons. The standard InChI is InChI=1S/C29H49F2N7O10/c1-7-14(2)21(37-25(45)19(36-18(6)40)10-8-9-12-32)26(46)38-22(17(5)39)27(47)35-16(4)24(44)34-15(3)23(43)29(30,31)28(48)33-13-11-20(41)42/h14-17,19,21-22,39H,7-13,32H2,1-6H3,(H,33,48)(H,34,44)(H,35,47)(H,36,40)(H,37,45)(H,38,46)(H,41,42)/t14-,15-,16-,17+,19-,21-,22-/m0/s1. The van der Waals surface area contributed by atoms with E-state index in [1.807, 2.05) is 5.32 Å². The van der Waals surface area contributed by atoms with Gasteiger partial charge in [0, 0.05) is 13.5 Å². The first kappa shape index (κ1) is 43.7. The summed E-state index contributed by atoms with van der Waals surface area (Å²) in [5.41, 5.74) is 5.51. The van der Waals surface area contributed by atoms with Crippen LogP contribution in [0.2, 0.25) is 0 Å². The van der Waals surface area contributed by atoms with Crippen LogP contribution in [-0.4, -0.2) is 113 Å². The van der Waals surface area contributed by atoms with Gasteiger partial charge in [-0.3, -0.25) is 38.4 Å². The molecule has 0 aliphatic rings. The van der Waals surface area contributed by atoms with Gasteiger partial charge in [-0.15, -0.1) is 0 Å². The van der Waals surface area contributed by atoms with Crippen LogP contribution in [0.15, 0.2) is 0 Å². The molecule has 0 saturated heterocycles. The number of unbranched alkanes of at least 4 members (excludes halogenated alkanes) is 1. The van der Waals surface area contributed by atoms with Gasteiger partial charge in [0.15, 0.2) is 0 Å². The molecule has 0 aliphatic heterocycles. The van der Waals surface area contributed by atoms with Crippen LogP contribution in [0, 0.1) is 5.92 Å². The summed E-state index contributed by atoms with van der Waals surface area (Å²) in [6, 6.07) is -7.27. The molecular weight excluding hydrogens is 644 g/mol. The summed E-state index contributed by atoms with van der Waals surface area (Å²) in [6.07, 6.45) is -0.439. The highest BCUT2D eigenvalue weighted by Gasteiger charge is 2.49. The van der Waals surface area contributed by atoms with Crippen molar-refractivity contribution in [3.05, 3.63) is 0 Å². The van der Waals surface area contributed by atoms with E-state index < -0.39 is 108 Å². The van der Waals surface area contributed by atoms with E-state index in [-0.39, 0.29) is 6.42 Å². The van der Waals surface area contributed by atoms with Crippen LogP contribution < -0.4 is 37.6 Å². The van der Waals surface area contributed by atoms with Gasteiger partial charge >= 0.3 is 11.9 Å². The van der Waals surface area contributed by atoms with Crippen LogP contribution in [0.1, 0.15) is 73.6 Å². The number of amides is 6. The van der Waals surface area contributed by atoms with Crippen LogP contribution in [0.25, 0.3) is 0 Å². The van der Waals surface area contributed by atoms with Crippen molar-refractivity contribution in [3.63, 3.8) is 0 Å². The molecule has 10 N–H and O–H groups in total. The number of aliphatic hydroxyl groups is 1. The third-order valence-electron chi connectivity index (χ3n) is 7.22. The number of hydrogen-bond acceptors (Lipinski definition) is 10. The van der Waals surface area contributed by atoms with Gasteiger partial charge in [-0.1, -0.05) is 20.3 Å². The van der Waals surface area contributed by atoms with Gasteiger partial charge in [-0.2, -0.15) is 8.78 Å². The Bertz CT molecular complexity index is 1170. The van der Waals surface area contributed by atoms with Gasteiger partial charge in [0.05, 0.1) is 18.6 Å². The second-order valence-electron chi connectivity index (χ2n) is 11.4. The number of carboxylic acid groups (broad SMARTS) is 1. The zero-order valence-corrected chi connectivity index (χ0v) is 28.0. The summed E-state index contributed by atoms with van der Waals surface area (Å²) in [5, 5.41) is 32.1. The lowest BCUT2D eigenvalue weighted by molar-refractivity contribution is -0.160. The molecule has 7 atom stereocenters. The number of nitrogens with two attached hydrogens (primary N) is 1. The maximum Gasteiger partial charge on any atom is 0.383 e. The lowest BCUT2D eigenvalue weighted by atomic mass is 9.96. The predicted molar refractivity (Wildman–Crippen MR) is 166 cm³/mol. The van der Waals surface area contributed by atoms with E-state index >= 15 is 0 Å². The number of carbonyl (C=O) groups excluding carboxylic acids is 7. The van der Waals surface area contributed by atoms with E-state index in [9.17, 15) is 52.2 Å². The smallest absolute Gasteiger partial charge is 0.383 e. The number of carbonyl (C=O) groups is 8. The third kappa shape index (κ3) is 14.7. The van der Waals surface area contributed by atoms with Crippen molar-refractivity contribution in [2.75, 3.05) is 13.1 Å². The summed E-state index contributed by atoms with van der Waals surface area (Å²) in [6.45, 7) is 7.49. The topological polar surface area (TPSA) is 275 Å². The number of ketones is 1. The molecule has 0 aliphatic carbocycles. The molecule has 19 heteroatoms. The zero-order chi connectivity index (χ0) is 37.4. The number of aliphatic carboxylic acids is 1. The Morgan fingerprint density at radius 2 is 1.31 bits per heavy atom. The van der Waals surface area contributed by atoms with Gasteiger partial charge in [0.2, 0.25) is 35.3 Å². The average Bonchev–Trinajstić information content (AvgIpc) is 2.99. The SMILES string of the molecule is CC[C@H](C)[C@H](NC(=O)[C@H](CCCCN)NC(C)=O)C(=O)N[C@H](C(=O)N[C@@H](C)C(=O)N[C@@H](C)C(=O)C(F)(F)C(=O)NCCC(=O)O)[C@@H](C)O. The summed E-state index contributed by atoms with van der Waals surface area (Å²) in [7, 11) is 0. The van der Waals surface area contributed by atoms with Crippen molar-refractivity contribution in [1.29, 1.82) is 0 Å². The lowest BCUT2D eigenvalue weighted by Gasteiger charge is -2.29. The molecule has 0 fully saturated rings. The molecule has 17 nitrogen and oxygen atoms in total. The van der Waals surface area contributed by atoms with Crippen molar-refractivity contribution < 1.29 is 57.4 Å². The predicted octanol–water partition coefficient (Wildman–Crippen LogP) is -2.18. The zero-order valence-electron chi connectivity index (χ0n) is 28.0.